The molecule has 0 aromatic carbocycles. The summed E-state index contributed by atoms with van der Waals surface area (Å²) >= 11 is 0. The summed E-state index contributed by atoms with van der Waals surface area (Å²) in [6, 6.07) is -0.833. The quantitative estimate of drug-likeness (QED) is 0.337. The second-order valence-corrected chi connectivity index (χ2v) is 1.42. The first-order chi connectivity index (χ1) is 4.37. The Morgan fingerprint density at radius 2 is 1.45 bits per heavy atom. The van der Waals surface area contributed by atoms with Crippen LogP contribution in [0.15, 0.2) is 0 Å². The van der Waals surface area contributed by atoms with E-state index in [0.717, 1.165) is 0 Å². The minimum absolute atomic E-state index is 0. The van der Waals surface area contributed by atoms with Crippen LogP contribution in [0.3, 0.4) is 0 Å². The van der Waals surface area contributed by atoms with Crippen LogP contribution in [0, 0.1) is 0 Å². The van der Waals surface area contributed by atoms with E-state index in [9.17, 15) is 4.79 Å². The molecule has 0 aromatic rings. The van der Waals surface area contributed by atoms with Crippen molar-refractivity contribution >= 4 is 41.6 Å². The van der Waals surface area contributed by atoms with Gasteiger partial charge in [-0.15, -0.1) is 0 Å². The Bertz CT molecular complexity index is 123. The van der Waals surface area contributed by atoms with E-state index in [1.807, 2.05) is 0 Å². The fourth-order valence-electron chi connectivity index (χ4n) is 0. The molecule has 0 aliphatic heterocycles. The van der Waals surface area contributed by atoms with Crippen molar-refractivity contribution in [1.82, 2.24) is 0 Å². The fraction of sp³-hybridized carbons (Fsp3) is 0.500. The van der Waals surface area contributed by atoms with Crippen molar-refractivity contribution in [2.45, 2.75) is 13.0 Å². The number of carboxylic acid groups (broad SMARTS) is 1. The average molecular weight is 174 g/mol. The third-order valence-corrected chi connectivity index (χ3v) is 0.357. The average Bonchev–Trinajstić information content (AvgIpc) is 1.63. The molecule has 2 amide bonds. The zero-order chi connectivity index (χ0) is 8.73. The van der Waals surface area contributed by atoms with Crippen LogP contribution in [-0.2, 0) is 4.79 Å². The molecule has 0 rings (SSSR count). The zero-order valence-corrected chi connectivity index (χ0v) is 5.44. The van der Waals surface area contributed by atoms with E-state index in [-0.39, 0.29) is 29.6 Å². The molecule has 1 unspecified atom stereocenters. The van der Waals surface area contributed by atoms with Gasteiger partial charge in [-0.2, -0.15) is 0 Å². The first-order valence-corrected chi connectivity index (χ1v) is 2.33. The fourth-order valence-corrected chi connectivity index (χ4v) is 0. The van der Waals surface area contributed by atoms with Gasteiger partial charge < -0.3 is 21.7 Å². The first kappa shape index (κ1) is 17.0. The third kappa shape index (κ3) is 42.0. The van der Waals surface area contributed by atoms with Crippen LogP contribution in [0.4, 0.5) is 4.79 Å². The second kappa shape index (κ2) is 9.70. The summed E-state index contributed by atoms with van der Waals surface area (Å²) in [6.07, 6.45) is -1.23. The molecule has 0 aromatic heterocycles. The normalized spacial score (nSPS) is 9.64. The molecule has 7 heteroatoms. The zero-order valence-electron chi connectivity index (χ0n) is 5.44. The molecule has 1 atom stereocenters. The van der Waals surface area contributed by atoms with Crippen LogP contribution in [-0.4, -0.2) is 57.9 Å². The maximum atomic E-state index is 9.45. The predicted molar refractivity (Wildman–Crippen MR) is 40.2 cm³/mol. The van der Waals surface area contributed by atoms with Crippen molar-refractivity contribution in [1.29, 1.82) is 0 Å². The number of hydrogen-bond donors (Lipinski definition) is 4. The molecule has 0 saturated carbocycles. The first-order valence-electron chi connectivity index (χ1n) is 2.33. The summed E-state index contributed by atoms with van der Waals surface area (Å²) < 4.78 is 0. The molecular weight excluding hydrogens is 163 g/mol. The van der Waals surface area contributed by atoms with E-state index in [0.29, 0.717) is 0 Å². The molecule has 6 nitrogen and oxygen atoms in total. The summed E-state index contributed by atoms with van der Waals surface area (Å²) in [6.45, 7) is 1.20. The molecule has 0 spiro atoms. The number of rotatable bonds is 1. The van der Waals surface area contributed by atoms with Crippen molar-refractivity contribution < 1.29 is 19.8 Å². The summed E-state index contributed by atoms with van der Waals surface area (Å²) in [5, 5.41) is 15.8. The number of amides is 2. The van der Waals surface area contributed by atoms with E-state index >= 15 is 0 Å². The number of nitrogens with two attached hydrogens (primary N) is 2. The Morgan fingerprint density at radius 1 is 1.36 bits per heavy atom. The van der Waals surface area contributed by atoms with E-state index in [1.54, 1.807) is 0 Å². The molecule has 0 saturated heterocycles. The van der Waals surface area contributed by atoms with Gasteiger partial charge in [-0.3, -0.25) is 0 Å². The van der Waals surface area contributed by atoms with Gasteiger partial charge >= 0.3 is 41.6 Å². The summed E-state index contributed by atoms with van der Waals surface area (Å²) in [7, 11) is 0. The van der Waals surface area contributed by atoms with Gasteiger partial charge in [-0.05, 0) is 6.92 Å². The van der Waals surface area contributed by atoms with Crippen molar-refractivity contribution in [3.05, 3.63) is 0 Å². The van der Waals surface area contributed by atoms with Crippen LogP contribution in [0.1, 0.15) is 6.92 Å². The van der Waals surface area contributed by atoms with Crippen LogP contribution >= 0.6 is 0 Å². The van der Waals surface area contributed by atoms with Crippen LogP contribution in [0.5, 0.6) is 0 Å². The molecule has 0 heterocycles. The van der Waals surface area contributed by atoms with E-state index in [1.165, 1.54) is 6.92 Å². The molecule has 11 heavy (non-hydrogen) atoms. The van der Waals surface area contributed by atoms with Gasteiger partial charge in [0.2, 0.25) is 0 Å². The van der Waals surface area contributed by atoms with Crippen molar-refractivity contribution in [2.75, 3.05) is 0 Å². The van der Waals surface area contributed by atoms with Crippen LogP contribution in [0.2, 0.25) is 0 Å². The number of urea groups is 1. The Balaban J connectivity index is -0.000000114. The Hall–Kier alpha value is -0.300. The molecule has 0 aliphatic carbocycles. The molecule has 0 aliphatic rings. The standard InChI is InChI=1S/C3H6O3.CH4N2O.Na.H/c1-2(4)3(5)6;2-1(3)4;;/h2,4H,1H3,(H,5,6);(H4,2,3,4);;. The molecule has 62 valence electrons. The number of carbonyl (C=O) groups excluding carboxylic acids is 1. The predicted octanol–water partition coefficient (Wildman–Crippen LogP) is -2.17. The van der Waals surface area contributed by atoms with Crippen LogP contribution < -0.4 is 11.5 Å². The van der Waals surface area contributed by atoms with Gasteiger partial charge in [0.05, 0.1) is 0 Å². The number of aliphatic hydroxyl groups excluding tert-OH is 1. The molecule has 0 bridgehead atoms. The summed E-state index contributed by atoms with van der Waals surface area (Å²) in [4.78, 5) is 18.4. The SMILES string of the molecule is CC(O)C(=O)O.NC(N)=O.[NaH]. The Morgan fingerprint density at radius 3 is 1.45 bits per heavy atom. The molecule has 0 fully saturated rings. The summed E-state index contributed by atoms with van der Waals surface area (Å²) in [5.74, 6) is -1.19. The van der Waals surface area contributed by atoms with Crippen molar-refractivity contribution in [2.24, 2.45) is 11.5 Å². The monoisotopic (exact) mass is 174 g/mol. The van der Waals surface area contributed by atoms with Gasteiger partial charge in [-0.25, -0.2) is 9.59 Å². The van der Waals surface area contributed by atoms with E-state index in [4.69, 9.17) is 15.0 Å². The van der Waals surface area contributed by atoms with Crippen molar-refractivity contribution in [3.8, 4) is 0 Å². The van der Waals surface area contributed by atoms with Gasteiger partial charge in [0.15, 0.2) is 0 Å². The second-order valence-electron chi connectivity index (χ2n) is 1.42. The number of aliphatic hydroxyl groups is 1. The van der Waals surface area contributed by atoms with E-state index in [2.05, 4.69) is 11.5 Å². The molecule has 6 N–H and O–H groups in total. The van der Waals surface area contributed by atoms with Gasteiger partial charge in [-0.1, -0.05) is 0 Å². The number of aliphatic carboxylic acids is 1. The van der Waals surface area contributed by atoms with Crippen molar-refractivity contribution in [3.63, 3.8) is 0 Å². The van der Waals surface area contributed by atoms with Crippen LogP contribution in [0.25, 0.3) is 0 Å². The minimum atomic E-state index is -1.23. The Labute approximate surface area is 85.8 Å². The third-order valence-electron chi connectivity index (χ3n) is 0.357. The number of carboxylic acids is 1. The van der Waals surface area contributed by atoms with Gasteiger partial charge in [0.25, 0.3) is 0 Å². The molecular formula is C4H11N2NaO4. The number of hydrogen-bond acceptors (Lipinski definition) is 3. The van der Waals surface area contributed by atoms with Gasteiger partial charge in [0.1, 0.15) is 6.10 Å². The number of carbonyl (C=O) groups is 2. The molecule has 0 radical (unpaired) electrons. The summed E-state index contributed by atoms with van der Waals surface area (Å²) in [5.41, 5.74) is 8.50. The van der Waals surface area contributed by atoms with Gasteiger partial charge in [0, 0.05) is 0 Å². The topological polar surface area (TPSA) is 127 Å². The Kier molecular flexibility index (Phi) is 15.0. The van der Waals surface area contributed by atoms with E-state index < -0.39 is 18.1 Å². The number of primary amides is 2. The maximum absolute atomic E-state index is 9.45.